The van der Waals surface area contributed by atoms with Crippen LogP contribution in [0.4, 0.5) is 0 Å². The summed E-state index contributed by atoms with van der Waals surface area (Å²) in [4.78, 5) is 32.8. The van der Waals surface area contributed by atoms with E-state index in [0.29, 0.717) is 12.8 Å². The number of aliphatic carboxylic acids is 1. The van der Waals surface area contributed by atoms with Crippen molar-refractivity contribution in [3.8, 4) is 0 Å². The lowest BCUT2D eigenvalue weighted by molar-refractivity contribution is -0.159. The molecular weight excluding hydrogens is 536 g/mol. The average Bonchev–Trinajstić information content (AvgIpc) is 2.96. The lowest BCUT2D eigenvalue weighted by Gasteiger charge is -2.05. The monoisotopic (exact) mass is 611 g/mol. The molecular formula is C38H74O5. The van der Waals surface area contributed by atoms with Crippen molar-refractivity contribution in [1.82, 2.24) is 0 Å². The highest BCUT2D eigenvalue weighted by Gasteiger charge is 2.10. The Morgan fingerprint density at radius 1 is 0.372 bits per heavy atom. The van der Waals surface area contributed by atoms with E-state index in [1.54, 1.807) is 0 Å². The fourth-order valence-electron chi connectivity index (χ4n) is 5.51. The molecule has 0 bridgehead atoms. The smallest absolute Gasteiger partial charge is 0.313 e. The largest absolute Gasteiger partial charge is 0.481 e. The molecule has 43 heavy (non-hydrogen) atoms. The summed E-state index contributed by atoms with van der Waals surface area (Å²) in [6.45, 7) is 5.64. The molecule has 0 atom stereocenters. The van der Waals surface area contributed by atoms with Crippen molar-refractivity contribution in [2.45, 2.75) is 226 Å². The third-order valence-corrected chi connectivity index (χ3v) is 8.20. The van der Waals surface area contributed by atoms with Gasteiger partial charge in [0.05, 0.1) is 0 Å². The van der Waals surface area contributed by atoms with Crippen molar-refractivity contribution < 1.29 is 24.2 Å². The Labute approximate surface area is 268 Å². The molecule has 1 N–H and O–H groups in total. The molecule has 0 unspecified atom stereocenters. The lowest BCUT2D eigenvalue weighted by Crippen LogP contribution is -2.11. The van der Waals surface area contributed by atoms with E-state index in [4.69, 9.17) is 14.6 Å². The van der Waals surface area contributed by atoms with Crippen LogP contribution in [0.15, 0.2) is 0 Å². The topological polar surface area (TPSA) is 80.7 Å². The van der Waals surface area contributed by atoms with Crippen molar-refractivity contribution in [3.63, 3.8) is 0 Å². The summed E-state index contributed by atoms with van der Waals surface area (Å²) in [5.41, 5.74) is 0. The van der Waals surface area contributed by atoms with Crippen LogP contribution in [0.2, 0.25) is 0 Å². The van der Waals surface area contributed by atoms with Gasteiger partial charge in [-0.3, -0.25) is 14.4 Å². The van der Waals surface area contributed by atoms with Crippen LogP contribution in [0, 0.1) is 0 Å². The highest BCUT2D eigenvalue weighted by Crippen LogP contribution is 2.15. The van der Waals surface area contributed by atoms with Gasteiger partial charge in [0.25, 0.3) is 5.97 Å². The molecule has 0 aromatic carbocycles. The minimum Gasteiger partial charge on any atom is -0.481 e. The summed E-state index contributed by atoms with van der Waals surface area (Å²) in [6.07, 6.45) is 40.1. The zero-order valence-corrected chi connectivity index (χ0v) is 29.2. The third-order valence-electron chi connectivity index (χ3n) is 8.20. The molecule has 0 aliphatic carbocycles. The van der Waals surface area contributed by atoms with Gasteiger partial charge in [0.2, 0.25) is 0 Å². The SMILES string of the molecule is CC(=O)O.CCCCCCCCCCCCCCCCCC(=O)OC(=O)CCCCCCCCCCCCCCCCC. The zero-order chi connectivity index (χ0) is 32.1. The highest BCUT2D eigenvalue weighted by atomic mass is 16.6. The molecule has 0 fully saturated rings. The standard InChI is InChI=1S/C36H70O3.C2H4O2/c1-3-5-7-9-11-13-15-17-19-21-23-25-27-29-31-33-35(37)39-36(38)34-32-30-28-26-24-22-20-18-16-14-12-10-8-6-4-2;1-2(3)4/h3-34H2,1-2H3;1H3,(H,3,4). The van der Waals surface area contributed by atoms with Gasteiger partial charge < -0.3 is 9.84 Å². The van der Waals surface area contributed by atoms with Crippen LogP contribution in [0.3, 0.4) is 0 Å². The number of carbonyl (C=O) groups is 3. The zero-order valence-electron chi connectivity index (χ0n) is 29.2. The van der Waals surface area contributed by atoms with E-state index >= 15 is 0 Å². The van der Waals surface area contributed by atoms with Gasteiger partial charge in [0.1, 0.15) is 0 Å². The number of carboxylic acid groups (broad SMARTS) is 1. The van der Waals surface area contributed by atoms with E-state index in [1.807, 2.05) is 0 Å². The van der Waals surface area contributed by atoms with Crippen molar-refractivity contribution in [2.75, 3.05) is 0 Å². The van der Waals surface area contributed by atoms with Crippen LogP contribution in [-0.4, -0.2) is 23.0 Å². The summed E-state index contributed by atoms with van der Waals surface area (Å²) >= 11 is 0. The molecule has 0 saturated carbocycles. The molecule has 5 nitrogen and oxygen atoms in total. The summed E-state index contributed by atoms with van der Waals surface area (Å²) < 4.78 is 5.01. The molecule has 256 valence electrons. The van der Waals surface area contributed by atoms with E-state index in [1.165, 1.54) is 167 Å². The number of hydrogen-bond donors (Lipinski definition) is 1. The van der Waals surface area contributed by atoms with Crippen molar-refractivity contribution in [2.24, 2.45) is 0 Å². The predicted octanol–water partition coefficient (Wildman–Crippen LogP) is 12.7. The molecule has 0 amide bonds. The first-order valence-corrected chi connectivity index (χ1v) is 18.9. The Morgan fingerprint density at radius 3 is 0.721 bits per heavy atom. The summed E-state index contributed by atoms with van der Waals surface area (Å²) in [5.74, 6) is -1.48. The van der Waals surface area contributed by atoms with Crippen molar-refractivity contribution in [1.29, 1.82) is 0 Å². The third kappa shape index (κ3) is 45.2. The van der Waals surface area contributed by atoms with Gasteiger partial charge in [-0.05, 0) is 12.8 Å². The van der Waals surface area contributed by atoms with Gasteiger partial charge in [-0.25, -0.2) is 0 Å². The fourth-order valence-corrected chi connectivity index (χ4v) is 5.51. The fraction of sp³-hybridized carbons (Fsp3) is 0.921. The summed E-state index contributed by atoms with van der Waals surface area (Å²) in [6, 6.07) is 0. The first-order chi connectivity index (χ1) is 20.9. The van der Waals surface area contributed by atoms with Crippen LogP contribution >= 0.6 is 0 Å². The number of esters is 2. The van der Waals surface area contributed by atoms with Gasteiger partial charge in [-0.2, -0.15) is 0 Å². The van der Waals surface area contributed by atoms with Gasteiger partial charge >= 0.3 is 11.9 Å². The maximum absolute atomic E-state index is 11.9. The molecule has 0 radical (unpaired) electrons. The van der Waals surface area contributed by atoms with Crippen molar-refractivity contribution in [3.05, 3.63) is 0 Å². The van der Waals surface area contributed by atoms with E-state index in [9.17, 15) is 9.59 Å². The second kappa shape index (κ2) is 38.6. The van der Waals surface area contributed by atoms with Gasteiger partial charge in [-0.1, -0.05) is 194 Å². The van der Waals surface area contributed by atoms with Crippen LogP contribution in [0.5, 0.6) is 0 Å². The van der Waals surface area contributed by atoms with Gasteiger partial charge in [0, 0.05) is 19.8 Å². The molecule has 0 aliphatic rings. The Kier molecular flexibility index (Phi) is 39.3. The molecule has 0 spiro atoms. The number of rotatable bonds is 32. The van der Waals surface area contributed by atoms with Gasteiger partial charge in [0.15, 0.2) is 0 Å². The van der Waals surface area contributed by atoms with E-state index in [-0.39, 0.29) is 11.9 Å². The minimum atomic E-state index is -0.833. The molecule has 0 aromatic rings. The first-order valence-electron chi connectivity index (χ1n) is 18.9. The molecule has 0 aliphatic heterocycles. The maximum atomic E-state index is 11.9. The van der Waals surface area contributed by atoms with Crippen LogP contribution < -0.4 is 0 Å². The normalized spacial score (nSPS) is 10.8. The van der Waals surface area contributed by atoms with Gasteiger partial charge in [-0.15, -0.1) is 0 Å². The molecule has 0 heterocycles. The van der Waals surface area contributed by atoms with Crippen LogP contribution in [0.1, 0.15) is 226 Å². The Morgan fingerprint density at radius 2 is 0.535 bits per heavy atom. The second-order valence-electron chi connectivity index (χ2n) is 12.8. The number of carboxylic acids is 1. The number of hydrogen-bond acceptors (Lipinski definition) is 4. The van der Waals surface area contributed by atoms with Crippen LogP contribution in [-0.2, 0) is 19.1 Å². The molecule has 0 aromatic heterocycles. The predicted molar refractivity (Wildman–Crippen MR) is 184 cm³/mol. The quantitative estimate of drug-likeness (QED) is 0.0465. The Balaban J connectivity index is 0. The summed E-state index contributed by atoms with van der Waals surface area (Å²) in [5, 5.41) is 7.42. The maximum Gasteiger partial charge on any atom is 0.313 e. The Hall–Kier alpha value is -1.39. The minimum absolute atomic E-state index is 0.323. The van der Waals surface area contributed by atoms with E-state index < -0.39 is 5.97 Å². The summed E-state index contributed by atoms with van der Waals surface area (Å²) in [7, 11) is 0. The molecule has 0 saturated heterocycles. The molecule has 5 heteroatoms. The number of unbranched alkanes of at least 4 members (excludes halogenated alkanes) is 28. The lowest BCUT2D eigenvalue weighted by atomic mass is 10.0. The van der Waals surface area contributed by atoms with Crippen molar-refractivity contribution >= 4 is 17.9 Å². The van der Waals surface area contributed by atoms with E-state index in [2.05, 4.69) is 13.8 Å². The molecule has 0 rings (SSSR count). The van der Waals surface area contributed by atoms with E-state index in [0.717, 1.165) is 32.6 Å². The Bertz CT molecular complexity index is 541. The number of carbonyl (C=O) groups excluding carboxylic acids is 2. The average molecular weight is 611 g/mol. The first kappa shape index (κ1) is 43.7. The second-order valence-corrected chi connectivity index (χ2v) is 12.8. The van der Waals surface area contributed by atoms with Crippen LogP contribution in [0.25, 0.3) is 0 Å². The highest BCUT2D eigenvalue weighted by molar-refractivity contribution is 5.85. The number of ether oxygens (including phenoxy) is 1.